The maximum absolute atomic E-state index is 13.1. The molecule has 0 saturated carbocycles. The highest BCUT2D eigenvalue weighted by Gasteiger charge is 2.17. The molecule has 1 aromatic carbocycles. The maximum Gasteiger partial charge on any atom is 0.273 e. The van der Waals surface area contributed by atoms with Crippen molar-refractivity contribution in [1.82, 2.24) is 19.9 Å². The fourth-order valence-electron chi connectivity index (χ4n) is 3.09. The number of halogens is 1. The predicted octanol–water partition coefficient (Wildman–Crippen LogP) is 4.69. The van der Waals surface area contributed by atoms with E-state index in [0.29, 0.717) is 18.1 Å². The van der Waals surface area contributed by atoms with Crippen molar-refractivity contribution in [1.29, 1.82) is 0 Å². The van der Waals surface area contributed by atoms with Gasteiger partial charge in [0, 0.05) is 28.4 Å². The molecule has 0 aliphatic carbocycles. The molecule has 0 saturated heterocycles. The molecule has 5 aromatic rings. The van der Waals surface area contributed by atoms with Crippen LogP contribution in [0.3, 0.4) is 0 Å². The van der Waals surface area contributed by atoms with E-state index in [1.54, 1.807) is 24.3 Å². The number of aryl methyl sites for hydroxylation is 1. The van der Waals surface area contributed by atoms with Gasteiger partial charge in [-0.3, -0.25) is 9.20 Å². The molecule has 0 aliphatic heterocycles. The smallest absolute Gasteiger partial charge is 0.273 e. The SMILES string of the molecule is Cc1c(CNC(=O)c2cc(-c3ccco3)on2)sc2nc(-c3ccc(F)cc3)cn12. The lowest BCUT2D eigenvalue weighted by Crippen LogP contribution is -2.23. The number of hydrogen-bond donors (Lipinski definition) is 1. The largest absolute Gasteiger partial charge is 0.461 e. The third-order valence-electron chi connectivity index (χ3n) is 4.71. The summed E-state index contributed by atoms with van der Waals surface area (Å²) in [4.78, 5) is 18.8. The number of amides is 1. The fourth-order valence-corrected chi connectivity index (χ4v) is 4.13. The van der Waals surface area contributed by atoms with Crippen molar-refractivity contribution in [3.05, 3.63) is 77.0 Å². The van der Waals surface area contributed by atoms with Crippen LogP contribution in [0.5, 0.6) is 0 Å². The van der Waals surface area contributed by atoms with Crippen LogP contribution < -0.4 is 5.32 Å². The van der Waals surface area contributed by atoms with Crippen molar-refractivity contribution in [2.75, 3.05) is 0 Å². The normalized spacial score (nSPS) is 11.3. The number of hydrogen-bond acceptors (Lipinski definition) is 6. The van der Waals surface area contributed by atoms with Gasteiger partial charge >= 0.3 is 0 Å². The van der Waals surface area contributed by atoms with E-state index in [1.165, 1.54) is 35.8 Å². The number of fused-ring (bicyclic) bond motifs is 1. The third-order valence-corrected chi connectivity index (χ3v) is 5.87. The van der Waals surface area contributed by atoms with Crippen LogP contribution in [-0.2, 0) is 6.54 Å². The summed E-state index contributed by atoms with van der Waals surface area (Å²) in [5, 5.41) is 6.66. The molecule has 5 rings (SSSR count). The molecule has 4 heterocycles. The summed E-state index contributed by atoms with van der Waals surface area (Å²) in [6, 6.07) is 11.2. The summed E-state index contributed by atoms with van der Waals surface area (Å²) in [6.45, 7) is 2.31. The minimum Gasteiger partial charge on any atom is -0.461 e. The van der Waals surface area contributed by atoms with E-state index < -0.39 is 0 Å². The van der Waals surface area contributed by atoms with Gasteiger partial charge in [-0.2, -0.15) is 0 Å². The van der Waals surface area contributed by atoms with Gasteiger partial charge in [0.1, 0.15) is 5.82 Å². The highest BCUT2D eigenvalue weighted by atomic mass is 32.1. The lowest BCUT2D eigenvalue weighted by molar-refractivity contribution is 0.0942. The van der Waals surface area contributed by atoms with Gasteiger partial charge in [0.25, 0.3) is 5.91 Å². The Bertz CT molecular complexity index is 1330. The quantitative estimate of drug-likeness (QED) is 0.444. The predicted molar refractivity (Wildman–Crippen MR) is 109 cm³/mol. The van der Waals surface area contributed by atoms with Crippen LogP contribution >= 0.6 is 11.3 Å². The topological polar surface area (TPSA) is 85.6 Å². The second kappa shape index (κ2) is 7.27. The molecule has 7 nitrogen and oxygen atoms in total. The first-order chi connectivity index (χ1) is 14.6. The van der Waals surface area contributed by atoms with Crippen LogP contribution in [0.15, 0.2) is 63.9 Å². The molecule has 150 valence electrons. The highest BCUT2D eigenvalue weighted by Crippen LogP contribution is 2.27. The van der Waals surface area contributed by atoms with E-state index >= 15 is 0 Å². The molecule has 4 aromatic heterocycles. The monoisotopic (exact) mass is 422 g/mol. The molecule has 0 spiro atoms. The highest BCUT2D eigenvalue weighted by molar-refractivity contribution is 7.17. The van der Waals surface area contributed by atoms with E-state index in [1.807, 2.05) is 17.5 Å². The fraction of sp³-hybridized carbons (Fsp3) is 0.0952. The minimum atomic E-state index is -0.339. The second-order valence-electron chi connectivity index (χ2n) is 6.63. The number of rotatable bonds is 5. The summed E-state index contributed by atoms with van der Waals surface area (Å²) >= 11 is 1.49. The Morgan fingerprint density at radius 2 is 2.07 bits per heavy atom. The lowest BCUT2D eigenvalue weighted by Gasteiger charge is -2.02. The van der Waals surface area contributed by atoms with Crippen LogP contribution in [0.25, 0.3) is 27.7 Å². The molecule has 0 aliphatic rings. The Kier molecular flexibility index (Phi) is 4.44. The number of nitrogens with zero attached hydrogens (tertiary/aromatic N) is 3. The minimum absolute atomic E-state index is 0.180. The summed E-state index contributed by atoms with van der Waals surface area (Å²) in [6.07, 6.45) is 3.43. The number of carbonyl (C=O) groups excluding carboxylic acids is 1. The zero-order valence-electron chi connectivity index (χ0n) is 15.8. The zero-order chi connectivity index (χ0) is 20.7. The van der Waals surface area contributed by atoms with Crippen molar-refractivity contribution in [2.45, 2.75) is 13.5 Å². The first kappa shape index (κ1) is 18.3. The third kappa shape index (κ3) is 3.29. The number of imidazole rings is 1. The van der Waals surface area contributed by atoms with Crippen molar-refractivity contribution < 1.29 is 18.1 Å². The standard InChI is InChI=1S/C21H15FN4O3S/c1-12-19(10-23-20(27)15-9-18(29-25-15)17-3-2-8-28-17)30-21-24-16(11-26(12)21)13-4-6-14(22)7-5-13/h2-9,11H,10H2,1H3,(H,23,27). The van der Waals surface area contributed by atoms with E-state index in [9.17, 15) is 9.18 Å². The van der Waals surface area contributed by atoms with Gasteiger partial charge in [0.15, 0.2) is 16.4 Å². The molecular formula is C21H15FN4O3S. The Morgan fingerprint density at radius 1 is 1.23 bits per heavy atom. The molecule has 0 fully saturated rings. The van der Waals surface area contributed by atoms with E-state index in [-0.39, 0.29) is 17.4 Å². The van der Waals surface area contributed by atoms with Crippen molar-refractivity contribution in [3.8, 4) is 22.8 Å². The van der Waals surface area contributed by atoms with Gasteiger partial charge in [-0.1, -0.05) is 16.5 Å². The number of carbonyl (C=O) groups is 1. The van der Waals surface area contributed by atoms with Gasteiger partial charge < -0.3 is 14.3 Å². The molecule has 0 radical (unpaired) electrons. The molecular weight excluding hydrogens is 407 g/mol. The maximum atomic E-state index is 13.1. The van der Waals surface area contributed by atoms with Crippen LogP contribution in [0, 0.1) is 12.7 Å². The molecule has 9 heteroatoms. The van der Waals surface area contributed by atoms with Crippen LogP contribution in [0.2, 0.25) is 0 Å². The van der Waals surface area contributed by atoms with Crippen LogP contribution in [0.4, 0.5) is 4.39 Å². The Balaban J connectivity index is 1.31. The summed E-state index contributed by atoms with van der Waals surface area (Å²) < 4.78 is 25.5. The first-order valence-corrected chi connectivity index (χ1v) is 9.92. The molecule has 0 bridgehead atoms. The summed E-state index contributed by atoms with van der Waals surface area (Å²) in [5.41, 5.74) is 2.78. The average molecular weight is 422 g/mol. The summed E-state index contributed by atoms with van der Waals surface area (Å²) in [7, 11) is 0. The number of aromatic nitrogens is 3. The Morgan fingerprint density at radius 3 is 2.80 bits per heavy atom. The lowest BCUT2D eigenvalue weighted by atomic mass is 10.2. The van der Waals surface area contributed by atoms with E-state index in [2.05, 4.69) is 15.5 Å². The summed E-state index contributed by atoms with van der Waals surface area (Å²) in [5.74, 6) is 0.282. The second-order valence-corrected chi connectivity index (χ2v) is 7.69. The van der Waals surface area contributed by atoms with E-state index in [4.69, 9.17) is 8.94 Å². The van der Waals surface area contributed by atoms with Crippen molar-refractivity contribution in [3.63, 3.8) is 0 Å². The van der Waals surface area contributed by atoms with Gasteiger partial charge in [0.05, 0.1) is 18.5 Å². The van der Waals surface area contributed by atoms with Crippen molar-refractivity contribution in [2.24, 2.45) is 0 Å². The molecule has 30 heavy (non-hydrogen) atoms. The first-order valence-electron chi connectivity index (χ1n) is 9.10. The van der Waals surface area contributed by atoms with E-state index in [0.717, 1.165) is 26.8 Å². The Hall–Kier alpha value is -3.72. The number of furan rings is 1. The number of thiazole rings is 1. The molecule has 0 atom stereocenters. The van der Waals surface area contributed by atoms with Crippen LogP contribution in [0.1, 0.15) is 21.1 Å². The van der Waals surface area contributed by atoms with Gasteiger partial charge in [-0.25, -0.2) is 9.37 Å². The van der Waals surface area contributed by atoms with Crippen molar-refractivity contribution >= 4 is 22.2 Å². The average Bonchev–Trinajstić information content (AvgIpc) is 3.52. The van der Waals surface area contributed by atoms with Gasteiger partial charge in [-0.15, -0.1) is 0 Å². The molecule has 1 amide bonds. The zero-order valence-corrected chi connectivity index (χ0v) is 16.6. The van der Waals surface area contributed by atoms with Gasteiger partial charge in [0.2, 0.25) is 5.76 Å². The van der Waals surface area contributed by atoms with Gasteiger partial charge in [-0.05, 0) is 43.3 Å². The molecule has 0 unspecified atom stereocenters. The Labute approximate surface area is 173 Å². The molecule has 1 N–H and O–H groups in total. The number of benzene rings is 1. The van der Waals surface area contributed by atoms with Crippen LogP contribution in [-0.4, -0.2) is 20.4 Å². The number of nitrogens with one attached hydrogen (secondary N) is 1.